The van der Waals surface area contributed by atoms with Crippen LogP contribution in [0.1, 0.15) is 31.2 Å². The lowest BCUT2D eigenvalue weighted by molar-refractivity contribution is -0.0516. The molecule has 0 saturated carbocycles. The maximum absolute atomic E-state index is 14.1. The summed E-state index contributed by atoms with van der Waals surface area (Å²) < 4.78 is 28.5. The van der Waals surface area contributed by atoms with Crippen molar-refractivity contribution in [3.05, 3.63) is 66.0 Å². The summed E-state index contributed by atoms with van der Waals surface area (Å²) in [6.07, 6.45) is 3.43. The van der Waals surface area contributed by atoms with Crippen molar-refractivity contribution in [2.24, 2.45) is 0 Å². The molecule has 0 radical (unpaired) electrons. The molecule has 4 aromatic rings. The van der Waals surface area contributed by atoms with E-state index >= 15 is 0 Å². The first-order valence-electron chi connectivity index (χ1n) is 12.1. The maximum atomic E-state index is 14.1. The molecule has 9 nitrogen and oxygen atoms in total. The predicted octanol–water partition coefficient (Wildman–Crippen LogP) is 3.08. The minimum absolute atomic E-state index is 0.213. The largest absolute Gasteiger partial charge is 0.387 e. The molecular weight excluding hydrogens is 480 g/mol. The number of hydrogen-bond acceptors (Lipinski definition) is 8. The SMILES string of the molecule is CC(C)(O)C(O)c1cc2nc(N3CCN(Cc4ccccc4F)CC3)c(-c3cnn(CF)c3)nc2cn1. The molecule has 1 fully saturated rings. The van der Waals surface area contributed by atoms with Crippen molar-refractivity contribution >= 4 is 16.9 Å². The molecule has 0 aliphatic carbocycles. The van der Waals surface area contributed by atoms with E-state index in [0.29, 0.717) is 66.4 Å². The van der Waals surface area contributed by atoms with E-state index in [4.69, 9.17) is 9.97 Å². The van der Waals surface area contributed by atoms with E-state index in [-0.39, 0.29) is 11.5 Å². The number of halogens is 2. The summed E-state index contributed by atoms with van der Waals surface area (Å²) in [5.74, 6) is 0.390. The summed E-state index contributed by atoms with van der Waals surface area (Å²) in [5, 5.41) is 24.8. The molecule has 2 N–H and O–H groups in total. The Labute approximate surface area is 213 Å². The molecule has 1 atom stereocenters. The monoisotopic (exact) mass is 509 g/mol. The summed E-state index contributed by atoms with van der Waals surface area (Å²) in [6, 6.07) is 8.41. The number of hydrogen-bond donors (Lipinski definition) is 2. The van der Waals surface area contributed by atoms with Crippen LogP contribution in [-0.4, -0.2) is 71.6 Å². The molecule has 1 aliphatic heterocycles. The first kappa shape index (κ1) is 25.1. The number of aliphatic hydroxyl groups excluding tert-OH is 1. The van der Waals surface area contributed by atoms with Gasteiger partial charge >= 0.3 is 0 Å². The van der Waals surface area contributed by atoms with Crippen molar-refractivity contribution in [2.45, 2.75) is 38.9 Å². The zero-order valence-electron chi connectivity index (χ0n) is 20.7. The van der Waals surface area contributed by atoms with Crippen LogP contribution in [0, 0.1) is 5.82 Å². The number of benzene rings is 1. The quantitative estimate of drug-likeness (QED) is 0.392. The Kier molecular flexibility index (Phi) is 6.84. The van der Waals surface area contributed by atoms with Gasteiger partial charge in [0, 0.05) is 50.0 Å². The van der Waals surface area contributed by atoms with E-state index in [2.05, 4.69) is 19.9 Å². The highest BCUT2D eigenvalue weighted by Crippen LogP contribution is 2.32. The normalized spacial score (nSPS) is 15.9. The van der Waals surface area contributed by atoms with Gasteiger partial charge in [0.15, 0.2) is 12.6 Å². The number of nitrogens with zero attached hydrogens (tertiary/aromatic N) is 7. The van der Waals surface area contributed by atoms with Gasteiger partial charge in [-0.2, -0.15) is 5.10 Å². The molecule has 4 heterocycles. The molecule has 37 heavy (non-hydrogen) atoms. The molecule has 5 rings (SSSR count). The van der Waals surface area contributed by atoms with Crippen molar-refractivity contribution in [3.63, 3.8) is 0 Å². The lowest BCUT2D eigenvalue weighted by Crippen LogP contribution is -2.46. The second kappa shape index (κ2) is 10.1. The van der Waals surface area contributed by atoms with Gasteiger partial charge in [-0.1, -0.05) is 18.2 Å². The second-order valence-corrected chi connectivity index (χ2v) is 9.79. The fourth-order valence-electron chi connectivity index (χ4n) is 4.43. The van der Waals surface area contributed by atoms with Crippen LogP contribution in [0.2, 0.25) is 0 Å². The molecule has 194 valence electrons. The van der Waals surface area contributed by atoms with Crippen LogP contribution in [0.3, 0.4) is 0 Å². The average Bonchev–Trinajstić information content (AvgIpc) is 3.38. The first-order chi connectivity index (χ1) is 17.7. The molecule has 1 saturated heterocycles. The van der Waals surface area contributed by atoms with Crippen molar-refractivity contribution < 1.29 is 19.0 Å². The van der Waals surface area contributed by atoms with Gasteiger partial charge in [-0.15, -0.1) is 0 Å². The topological polar surface area (TPSA) is 103 Å². The number of piperazine rings is 1. The summed E-state index contributed by atoms with van der Waals surface area (Å²) in [4.78, 5) is 18.2. The van der Waals surface area contributed by atoms with Gasteiger partial charge in [0.25, 0.3) is 0 Å². The van der Waals surface area contributed by atoms with Crippen LogP contribution < -0.4 is 4.90 Å². The number of rotatable bonds is 7. The molecule has 0 spiro atoms. The molecule has 3 aromatic heterocycles. The molecule has 1 aromatic carbocycles. The highest BCUT2D eigenvalue weighted by atomic mass is 19.1. The fraction of sp³-hybridized carbons (Fsp3) is 0.385. The average molecular weight is 510 g/mol. The van der Waals surface area contributed by atoms with Crippen molar-refractivity contribution in [1.82, 2.24) is 29.6 Å². The molecular formula is C26H29F2N7O2. The third-order valence-electron chi connectivity index (χ3n) is 6.56. The highest BCUT2D eigenvalue weighted by molar-refractivity contribution is 5.83. The van der Waals surface area contributed by atoms with Crippen molar-refractivity contribution in [1.29, 1.82) is 0 Å². The van der Waals surface area contributed by atoms with Gasteiger partial charge in [-0.25, -0.2) is 23.4 Å². The zero-order valence-corrected chi connectivity index (χ0v) is 20.7. The standard InChI is InChI=1S/C26H29F2N7O2/c1-26(2,37)24(36)21-11-20-22(13-29-21)31-23(18-12-30-35(15-18)16-27)25(32-20)34-9-7-33(8-10-34)14-17-5-3-4-6-19(17)28/h3-6,11-13,15,24,36-37H,7-10,14,16H2,1-2H3. The minimum Gasteiger partial charge on any atom is -0.387 e. The van der Waals surface area contributed by atoms with E-state index in [9.17, 15) is 19.0 Å². The highest BCUT2D eigenvalue weighted by Gasteiger charge is 2.28. The second-order valence-electron chi connectivity index (χ2n) is 9.79. The van der Waals surface area contributed by atoms with E-state index in [1.807, 2.05) is 6.07 Å². The summed E-state index contributed by atoms with van der Waals surface area (Å²) in [6.45, 7) is 5.41. The van der Waals surface area contributed by atoms with E-state index in [1.54, 1.807) is 30.6 Å². The van der Waals surface area contributed by atoms with Crippen LogP contribution in [-0.2, 0) is 13.3 Å². The number of anilines is 1. The van der Waals surface area contributed by atoms with Crippen LogP contribution in [0.15, 0.2) is 48.9 Å². The van der Waals surface area contributed by atoms with Gasteiger partial charge in [-0.05, 0) is 26.0 Å². The third kappa shape index (κ3) is 5.29. The van der Waals surface area contributed by atoms with Crippen molar-refractivity contribution in [2.75, 3.05) is 31.1 Å². The molecule has 0 amide bonds. The Bertz CT molecular complexity index is 1400. The van der Waals surface area contributed by atoms with Crippen molar-refractivity contribution in [3.8, 4) is 11.3 Å². The smallest absolute Gasteiger partial charge is 0.181 e. The zero-order chi connectivity index (χ0) is 26.2. The molecule has 1 unspecified atom stereocenters. The number of pyridine rings is 1. The maximum Gasteiger partial charge on any atom is 0.181 e. The van der Waals surface area contributed by atoms with Crippen LogP contribution in [0.25, 0.3) is 22.3 Å². The van der Waals surface area contributed by atoms with Gasteiger partial charge in [-0.3, -0.25) is 9.88 Å². The molecule has 11 heteroatoms. The molecule has 0 bridgehead atoms. The van der Waals surface area contributed by atoms with Gasteiger partial charge < -0.3 is 15.1 Å². The number of aromatic nitrogens is 5. The van der Waals surface area contributed by atoms with Crippen LogP contribution in [0.4, 0.5) is 14.6 Å². The van der Waals surface area contributed by atoms with E-state index < -0.39 is 18.5 Å². The lowest BCUT2D eigenvalue weighted by atomic mass is 9.98. The van der Waals surface area contributed by atoms with Gasteiger partial charge in [0.2, 0.25) is 0 Å². The Morgan fingerprint density at radius 3 is 2.49 bits per heavy atom. The number of aliphatic hydroxyl groups is 2. The summed E-state index contributed by atoms with van der Waals surface area (Å²) in [5.41, 5.74) is 1.74. The van der Waals surface area contributed by atoms with Crippen LogP contribution in [0.5, 0.6) is 0 Å². The van der Waals surface area contributed by atoms with Gasteiger partial charge in [0.05, 0.1) is 29.2 Å². The predicted molar refractivity (Wildman–Crippen MR) is 135 cm³/mol. The van der Waals surface area contributed by atoms with Gasteiger partial charge in [0.1, 0.15) is 23.1 Å². The Balaban J connectivity index is 1.47. The number of alkyl halides is 1. The third-order valence-corrected chi connectivity index (χ3v) is 6.56. The minimum atomic E-state index is -1.38. The Morgan fingerprint density at radius 1 is 1.05 bits per heavy atom. The summed E-state index contributed by atoms with van der Waals surface area (Å²) >= 11 is 0. The number of fused-ring (bicyclic) bond motifs is 1. The summed E-state index contributed by atoms with van der Waals surface area (Å²) in [7, 11) is 0. The fourth-order valence-corrected chi connectivity index (χ4v) is 4.43. The lowest BCUT2D eigenvalue weighted by Gasteiger charge is -2.36. The molecule has 1 aliphatic rings. The van der Waals surface area contributed by atoms with E-state index in [0.717, 1.165) is 0 Å². The van der Waals surface area contributed by atoms with E-state index in [1.165, 1.54) is 30.8 Å². The Hall–Kier alpha value is -3.54. The van der Waals surface area contributed by atoms with Crippen LogP contribution >= 0.6 is 0 Å². The Morgan fingerprint density at radius 2 is 1.81 bits per heavy atom. The first-order valence-corrected chi connectivity index (χ1v) is 12.1.